The van der Waals surface area contributed by atoms with Crippen LogP contribution >= 0.6 is 27.3 Å². The highest BCUT2D eigenvalue weighted by Gasteiger charge is 2.25. The maximum absolute atomic E-state index is 13.4. The van der Waals surface area contributed by atoms with Gasteiger partial charge in [-0.3, -0.25) is 4.79 Å². The molecule has 1 amide bonds. The van der Waals surface area contributed by atoms with Crippen LogP contribution in [0, 0.1) is 0 Å². The van der Waals surface area contributed by atoms with Gasteiger partial charge in [-0.2, -0.15) is 0 Å². The van der Waals surface area contributed by atoms with Crippen molar-refractivity contribution in [2.75, 3.05) is 47.4 Å². The molecule has 3 heterocycles. The highest BCUT2D eigenvalue weighted by Crippen LogP contribution is 2.35. The number of benzene rings is 1. The molecule has 0 radical (unpaired) electrons. The fraction of sp³-hybridized carbons (Fsp3) is 0.381. The summed E-state index contributed by atoms with van der Waals surface area (Å²) in [5.74, 6) is 1.56. The van der Waals surface area contributed by atoms with E-state index in [1.165, 1.54) is 0 Å². The normalized spacial score (nSPS) is 15.1. The number of hydrogen-bond donors (Lipinski definition) is 0. The Kier molecular flexibility index (Phi) is 5.85. The van der Waals surface area contributed by atoms with Crippen molar-refractivity contribution in [1.82, 2.24) is 14.4 Å². The molecular weight excluding hydrogens is 454 g/mol. The molecule has 0 saturated carbocycles. The van der Waals surface area contributed by atoms with E-state index in [4.69, 9.17) is 9.47 Å². The summed E-state index contributed by atoms with van der Waals surface area (Å²) in [5.41, 5.74) is 2.79. The van der Waals surface area contributed by atoms with Gasteiger partial charge in [-0.05, 0) is 46.7 Å². The Bertz CT molecular complexity index is 1020. The summed E-state index contributed by atoms with van der Waals surface area (Å²) in [4.78, 5) is 17.6. The molecule has 4 rings (SSSR count). The van der Waals surface area contributed by atoms with E-state index in [1.807, 2.05) is 29.2 Å². The first-order chi connectivity index (χ1) is 14.0. The molecule has 6 nitrogen and oxygen atoms in total. The minimum atomic E-state index is 0.0864. The summed E-state index contributed by atoms with van der Waals surface area (Å²) in [6.07, 6.45) is 0. The number of piperazine rings is 1. The Morgan fingerprint density at radius 3 is 2.34 bits per heavy atom. The van der Waals surface area contributed by atoms with Crippen LogP contribution in [0.2, 0.25) is 0 Å². The third-order valence-corrected chi connectivity index (χ3v) is 7.17. The van der Waals surface area contributed by atoms with E-state index in [2.05, 4.69) is 37.8 Å². The molecule has 3 aromatic rings. The van der Waals surface area contributed by atoms with Crippen molar-refractivity contribution in [2.45, 2.75) is 6.54 Å². The van der Waals surface area contributed by atoms with Gasteiger partial charge in [0.1, 0.15) is 17.2 Å². The summed E-state index contributed by atoms with van der Waals surface area (Å²) >= 11 is 5.31. The predicted octanol–water partition coefficient (Wildman–Crippen LogP) is 3.92. The highest BCUT2D eigenvalue weighted by molar-refractivity contribution is 9.10. The number of nitrogens with zero attached hydrogens (tertiary/aromatic N) is 3. The number of carbonyl (C=O) groups excluding carboxylic acids is 1. The predicted molar refractivity (Wildman–Crippen MR) is 120 cm³/mol. The van der Waals surface area contributed by atoms with Crippen LogP contribution in [0.25, 0.3) is 10.2 Å². The fourth-order valence-electron chi connectivity index (χ4n) is 3.68. The number of carbonyl (C=O) groups is 1. The van der Waals surface area contributed by atoms with Crippen LogP contribution in [0.3, 0.4) is 0 Å². The molecule has 8 heteroatoms. The maximum Gasteiger partial charge on any atom is 0.270 e. The maximum atomic E-state index is 13.4. The van der Waals surface area contributed by atoms with Gasteiger partial charge >= 0.3 is 0 Å². The van der Waals surface area contributed by atoms with Crippen LogP contribution in [0.5, 0.6) is 11.5 Å². The zero-order valence-electron chi connectivity index (χ0n) is 16.8. The van der Waals surface area contributed by atoms with Gasteiger partial charge < -0.3 is 23.8 Å². The molecule has 29 heavy (non-hydrogen) atoms. The summed E-state index contributed by atoms with van der Waals surface area (Å²) < 4.78 is 15.0. The van der Waals surface area contributed by atoms with E-state index >= 15 is 0 Å². The Hall–Kier alpha value is -2.03. The third kappa shape index (κ3) is 4.01. The Balaban J connectivity index is 1.74. The first kappa shape index (κ1) is 20.3. The van der Waals surface area contributed by atoms with E-state index in [-0.39, 0.29) is 5.91 Å². The van der Waals surface area contributed by atoms with Crippen LogP contribution in [0.4, 0.5) is 0 Å². The Morgan fingerprint density at radius 2 is 1.72 bits per heavy atom. The molecule has 2 aromatic heterocycles. The number of thiophene rings is 1. The van der Waals surface area contributed by atoms with Crippen molar-refractivity contribution in [3.8, 4) is 11.5 Å². The van der Waals surface area contributed by atoms with Crippen molar-refractivity contribution in [3.63, 3.8) is 0 Å². The summed E-state index contributed by atoms with van der Waals surface area (Å²) in [6.45, 7) is 3.86. The van der Waals surface area contributed by atoms with Crippen molar-refractivity contribution in [1.29, 1.82) is 0 Å². The molecule has 0 N–H and O–H groups in total. The molecule has 0 aliphatic carbocycles. The molecule has 1 aliphatic rings. The second-order valence-electron chi connectivity index (χ2n) is 7.23. The standard InChI is InChI=1S/C21H24BrN3O3S/c1-23-4-6-24(7-5-23)21(26)18-11-19-20(17(22)13-29-19)25(18)12-14-8-15(27-2)10-16(9-14)28-3/h8-11,13H,4-7,12H2,1-3H3. The van der Waals surface area contributed by atoms with Crippen molar-refractivity contribution in [2.24, 2.45) is 0 Å². The average molecular weight is 478 g/mol. The number of methoxy groups -OCH3 is 2. The number of ether oxygens (including phenoxy) is 2. The highest BCUT2D eigenvalue weighted by atomic mass is 79.9. The molecule has 0 unspecified atom stereocenters. The summed E-state index contributed by atoms with van der Waals surface area (Å²) in [7, 11) is 5.38. The topological polar surface area (TPSA) is 46.9 Å². The zero-order chi connectivity index (χ0) is 20.5. The number of fused-ring (bicyclic) bond motifs is 1. The quantitative estimate of drug-likeness (QED) is 0.558. The van der Waals surface area contributed by atoms with Crippen molar-refractivity contribution in [3.05, 3.63) is 45.4 Å². The zero-order valence-corrected chi connectivity index (χ0v) is 19.2. The van der Waals surface area contributed by atoms with Crippen LogP contribution < -0.4 is 9.47 Å². The van der Waals surface area contributed by atoms with E-state index in [0.29, 0.717) is 6.54 Å². The largest absolute Gasteiger partial charge is 0.497 e. The van der Waals surface area contributed by atoms with Crippen molar-refractivity contribution < 1.29 is 14.3 Å². The lowest BCUT2D eigenvalue weighted by molar-refractivity contribution is 0.0654. The Labute approximate surface area is 182 Å². The van der Waals surface area contributed by atoms with Gasteiger partial charge in [-0.15, -0.1) is 11.3 Å². The number of hydrogen-bond acceptors (Lipinski definition) is 5. The number of halogens is 1. The lowest BCUT2D eigenvalue weighted by Crippen LogP contribution is -2.47. The lowest BCUT2D eigenvalue weighted by Gasteiger charge is -2.32. The fourth-order valence-corrected chi connectivity index (χ4v) is 5.38. The van der Waals surface area contributed by atoms with Gasteiger partial charge in [0, 0.05) is 44.2 Å². The third-order valence-electron chi connectivity index (χ3n) is 5.34. The number of amides is 1. The molecule has 1 aliphatic heterocycles. The smallest absolute Gasteiger partial charge is 0.270 e. The number of aromatic nitrogens is 1. The second kappa shape index (κ2) is 8.38. The minimum absolute atomic E-state index is 0.0864. The van der Waals surface area contributed by atoms with Crippen LogP contribution in [-0.4, -0.2) is 67.7 Å². The van der Waals surface area contributed by atoms with Gasteiger partial charge in [-0.1, -0.05) is 0 Å². The molecule has 1 aromatic carbocycles. The molecule has 0 spiro atoms. The monoisotopic (exact) mass is 477 g/mol. The lowest BCUT2D eigenvalue weighted by atomic mass is 10.2. The Morgan fingerprint density at radius 1 is 1.07 bits per heavy atom. The second-order valence-corrected chi connectivity index (χ2v) is 8.99. The van der Waals surface area contributed by atoms with Crippen LogP contribution in [0.15, 0.2) is 34.1 Å². The molecule has 1 saturated heterocycles. The van der Waals surface area contributed by atoms with Gasteiger partial charge in [0.25, 0.3) is 5.91 Å². The van der Waals surface area contributed by atoms with E-state index in [9.17, 15) is 4.79 Å². The number of likely N-dealkylation sites (N-methyl/N-ethyl adjacent to an activating group) is 1. The SMILES string of the molecule is COc1cc(Cn2c(C(=O)N3CCN(C)CC3)cc3scc(Br)c32)cc(OC)c1. The van der Waals surface area contributed by atoms with Crippen molar-refractivity contribution >= 4 is 43.4 Å². The molecule has 1 fully saturated rings. The van der Waals surface area contributed by atoms with Gasteiger partial charge in [-0.25, -0.2) is 0 Å². The minimum Gasteiger partial charge on any atom is -0.497 e. The number of rotatable bonds is 5. The van der Waals surface area contributed by atoms with Gasteiger partial charge in [0.05, 0.1) is 28.9 Å². The average Bonchev–Trinajstić information content (AvgIpc) is 3.27. The van der Waals surface area contributed by atoms with Crippen LogP contribution in [-0.2, 0) is 6.54 Å². The molecular formula is C21H24BrN3O3S. The van der Waals surface area contributed by atoms with E-state index in [1.54, 1.807) is 25.6 Å². The van der Waals surface area contributed by atoms with E-state index in [0.717, 1.165) is 63.6 Å². The molecule has 0 atom stereocenters. The summed E-state index contributed by atoms with van der Waals surface area (Å²) in [6, 6.07) is 7.84. The van der Waals surface area contributed by atoms with Gasteiger partial charge in [0.2, 0.25) is 0 Å². The molecule has 0 bridgehead atoms. The summed E-state index contributed by atoms with van der Waals surface area (Å²) in [5, 5.41) is 2.07. The van der Waals surface area contributed by atoms with Gasteiger partial charge in [0.15, 0.2) is 0 Å². The first-order valence-electron chi connectivity index (χ1n) is 9.46. The van der Waals surface area contributed by atoms with Crippen LogP contribution in [0.1, 0.15) is 16.1 Å². The first-order valence-corrected chi connectivity index (χ1v) is 11.1. The molecule has 154 valence electrons. The van der Waals surface area contributed by atoms with E-state index < -0.39 is 0 Å².